The molecule has 0 saturated carbocycles. The van der Waals surface area contributed by atoms with Crippen molar-refractivity contribution in [1.82, 2.24) is 9.78 Å². The van der Waals surface area contributed by atoms with Crippen molar-refractivity contribution in [2.24, 2.45) is 0 Å². The SMILES string of the molecule is O=Cc1c(Cl)nn(-c2cc(Cl)cc(Cl)c2)c1Cl. The summed E-state index contributed by atoms with van der Waals surface area (Å²) >= 11 is 23.5. The Morgan fingerprint density at radius 1 is 1.06 bits per heavy atom. The summed E-state index contributed by atoms with van der Waals surface area (Å²) in [4.78, 5) is 10.8. The average Bonchev–Trinajstić information content (AvgIpc) is 2.52. The molecule has 1 aromatic heterocycles. The number of carbonyl (C=O) groups is 1. The van der Waals surface area contributed by atoms with Gasteiger partial charge in [0.25, 0.3) is 0 Å². The molecular weight excluding hydrogens is 306 g/mol. The first-order valence-corrected chi connectivity index (χ1v) is 5.90. The topological polar surface area (TPSA) is 34.9 Å². The molecule has 0 amide bonds. The van der Waals surface area contributed by atoms with Crippen LogP contribution in [0, 0.1) is 0 Å². The van der Waals surface area contributed by atoms with Gasteiger partial charge in [-0.05, 0) is 18.2 Å². The maximum atomic E-state index is 10.8. The number of aromatic nitrogens is 2. The van der Waals surface area contributed by atoms with Crippen molar-refractivity contribution in [1.29, 1.82) is 0 Å². The predicted octanol–water partition coefficient (Wildman–Crippen LogP) is 4.30. The van der Waals surface area contributed by atoms with Gasteiger partial charge in [0.05, 0.1) is 11.3 Å². The highest BCUT2D eigenvalue weighted by molar-refractivity contribution is 6.38. The molecular formula is C10H4Cl4N2O. The number of nitrogens with zero attached hydrogens (tertiary/aromatic N) is 2. The first-order valence-electron chi connectivity index (χ1n) is 4.38. The number of rotatable bonds is 2. The Morgan fingerprint density at radius 3 is 2.12 bits per heavy atom. The standard InChI is InChI=1S/C10H4Cl4N2O/c11-5-1-6(12)3-7(2-5)16-10(14)8(4-17)9(13)15-16/h1-4H. The number of aldehydes is 1. The van der Waals surface area contributed by atoms with E-state index in [1.807, 2.05) is 0 Å². The molecule has 0 fully saturated rings. The van der Waals surface area contributed by atoms with Crippen molar-refractivity contribution in [2.75, 3.05) is 0 Å². The second-order valence-corrected chi connectivity index (χ2v) is 4.74. The summed E-state index contributed by atoms with van der Waals surface area (Å²) in [5, 5.41) is 4.94. The van der Waals surface area contributed by atoms with Crippen molar-refractivity contribution in [3.63, 3.8) is 0 Å². The highest BCUT2D eigenvalue weighted by atomic mass is 35.5. The van der Waals surface area contributed by atoms with Gasteiger partial charge < -0.3 is 0 Å². The van der Waals surface area contributed by atoms with Crippen LogP contribution in [0.2, 0.25) is 20.4 Å². The molecule has 0 saturated heterocycles. The largest absolute Gasteiger partial charge is 0.298 e. The molecule has 1 heterocycles. The predicted molar refractivity (Wildman–Crippen MR) is 69.0 cm³/mol. The lowest BCUT2D eigenvalue weighted by atomic mass is 10.3. The van der Waals surface area contributed by atoms with E-state index < -0.39 is 0 Å². The molecule has 0 radical (unpaired) electrons. The minimum atomic E-state index is 0.0288. The van der Waals surface area contributed by atoms with Crippen LogP contribution >= 0.6 is 46.4 Å². The first kappa shape index (κ1) is 12.7. The van der Waals surface area contributed by atoms with E-state index in [1.165, 1.54) is 4.68 Å². The van der Waals surface area contributed by atoms with Crippen LogP contribution in [0.3, 0.4) is 0 Å². The summed E-state index contributed by atoms with van der Waals surface area (Å²) in [6.07, 6.45) is 0.542. The summed E-state index contributed by atoms with van der Waals surface area (Å²) in [5.74, 6) is 0. The zero-order valence-corrected chi connectivity index (χ0v) is 11.1. The zero-order valence-electron chi connectivity index (χ0n) is 8.12. The van der Waals surface area contributed by atoms with Gasteiger partial charge in [0, 0.05) is 10.0 Å². The van der Waals surface area contributed by atoms with Gasteiger partial charge in [-0.25, -0.2) is 4.68 Å². The van der Waals surface area contributed by atoms with Crippen LogP contribution in [0.15, 0.2) is 18.2 Å². The lowest BCUT2D eigenvalue weighted by Gasteiger charge is -2.04. The maximum absolute atomic E-state index is 10.8. The molecule has 17 heavy (non-hydrogen) atoms. The highest BCUT2D eigenvalue weighted by Crippen LogP contribution is 2.28. The fourth-order valence-electron chi connectivity index (χ4n) is 1.31. The van der Waals surface area contributed by atoms with Gasteiger partial charge >= 0.3 is 0 Å². The maximum Gasteiger partial charge on any atom is 0.163 e. The molecule has 3 nitrogen and oxygen atoms in total. The third-order valence-electron chi connectivity index (χ3n) is 2.03. The fraction of sp³-hybridized carbons (Fsp3) is 0. The average molecular weight is 310 g/mol. The van der Waals surface area contributed by atoms with Crippen LogP contribution < -0.4 is 0 Å². The fourth-order valence-corrected chi connectivity index (χ4v) is 2.36. The lowest BCUT2D eigenvalue weighted by molar-refractivity contribution is 0.112. The van der Waals surface area contributed by atoms with E-state index in [0.717, 1.165) is 0 Å². The van der Waals surface area contributed by atoms with Crippen LogP contribution in [-0.2, 0) is 0 Å². The second-order valence-electron chi connectivity index (χ2n) is 3.15. The number of benzene rings is 1. The first-order chi connectivity index (χ1) is 8.02. The Hall–Kier alpha value is -0.740. The summed E-state index contributed by atoms with van der Waals surface area (Å²) in [5.41, 5.74) is 0.659. The molecule has 0 spiro atoms. The molecule has 0 atom stereocenters. The van der Waals surface area contributed by atoms with Crippen LogP contribution in [0.5, 0.6) is 0 Å². The smallest absolute Gasteiger partial charge is 0.163 e. The second kappa shape index (κ2) is 4.86. The molecule has 0 bridgehead atoms. The summed E-state index contributed by atoms with van der Waals surface area (Å²) in [6.45, 7) is 0. The van der Waals surface area contributed by atoms with E-state index in [-0.39, 0.29) is 15.9 Å². The van der Waals surface area contributed by atoms with E-state index in [4.69, 9.17) is 46.4 Å². The normalized spacial score (nSPS) is 10.6. The molecule has 0 unspecified atom stereocenters. The monoisotopic (exact) mass is 308 g/mol. The molecule has 0 aliphatic carbocycles. The number of hydrogen-bond donors (Lipinski definition) is 0. The van der Waals surface area contributed by atoms with Crippen molar-refractivity contribution in [2.45, 2.75) is 0 Å². The summed E-state index contributed by atoms with van der Waals surface area (Å²) in [7, 11) is 0. The van der Waals surface area contributed by atoms with Gasteiger partial charge in [0.1, 0.15) is 5.15 Å². The van der Waals surface area contributed by atoms with E-state index in [9.17, 15) is 4.79 Å². The Balaban J connectivity index is 2.64. The van der Waals surface area contributed by atoms with Crippen LogP contribution in [-0.4, -0.2) is 16.1 Å². The molecule has 0 aliphatic heterocycles. The third-order valence-corrected chi connectivity index (χ3v) is 3.11. The highest BCUT2D eigenvalue weighted by Gasteiger charge is 2.15. The van der Waals surface area contributed by atoms with E-state index in [2.05, 4.69) is 5.10 Å². The minimum Gasteiger partial charge on any atom is -0.298 e. The van der Waals surface area contributed by atoms with Crippen molar-refractivity contribution >= 4 is 52.7 Å². The van der Waals surface area contributed by atoms with Gasteiger partial charge in [-0.2, -0.15) is 5.10 Å². The van der Waals surface area contributed by atoms with Gasteiger partial charge in [-0.3, -0.25) is 4.79 Å². The minimum absolute atomic E-state index is 0.0288. The van der Waals surface area contributed by atoms with E-state index >= 15 is 0 Å². The van der Waals surface area contributed by atoms with Crippen LogP contribution in [0.25, 0.3) is 5.69 Å². The Morgan fingerprint density at radius 2 is 1.65 bits per heavy atom. The zero-order chi connectivity index (χ0) is 12.6. The molecule has 88 valence electrons. The quantitative estimate of drug-likeness (QED) is 0.775. The van der Waals surface area contributed by atoms with Gasteiger partial charge in [-0.1, -0.05) is 46.4 Å². The Bertz CT molecular complexity index is 574. The van der Waals surface area contributed by atoms with Crippen LogP contribution in [0.4, 0.5) is 0 Å². The number of halogens is 4. The van der Waals surface area contributed by atoms with Crippen molar-refractivity contribution < 1.29 is 4.79 Å². The van der Waals surface area contributed by atoms with E-state index in [0.29, 0.717) is 22.0 Å². The molecule has 2 rings (SSSR count). The van der Waals surface area contributed by atoms with Crippen molar-refractivity contribution in [3.05, 3.63) is 44.1 Å². The lowest BCUT2D eigenvalue weighted by Crippen LogP contribution is -1.96. The summed E-state index contributed by atoms with van der Waals surface area (Å²) < 4.78 is 1.30. The molecule has 7 heteroatoms. The molecule has 2 aromatic rings. The molecule has 0 aliphatic rings. The molecule has 1 aromatic carbocycles. The van der Waals surface area contributed by atoms with Gasteiger partial charge in [0.15, 0.2) is 11.4 Å². The molecule has 0 N–H and O–H groups in total. The van der Waals surface area contributed by atoms with E-state index in [1.54, 1.807) is 18.2 Å². The van der Waals surface area contributed by atoms with Crippen molar-refractivity contribution in [3.8, 4) is 5.69 Å². The number of hydrogen-bond acceptors (Lipinski definition) is 2. The van der Waals surface area contributed by atoms with Crippen LogP contribution in [0.1, 0.15) is 10.4 Å². The Labute approximate surface area is 117 Å². The summed E-state index contributed by atoms with van der Waals surface area (Å²) in [6, 6.07) is 4.79. The third kappa shape index (κ3) is 2.43. The van der Waals surface area contributed by atoms with Gasteiger partial charge in [0.2, 0.25) is 0 Å². The van der Waals surface area contributed by atoms with Gasteiger partial charge in [-0.15, -0.1) is 0 Å². The number of carbonyl (C=O) groups excluding carboxylic acids is 1. The Kier molecular flexibility index (Phi) is 3.64.